The van der Waals surface area contributed by atoms with Crippen molar-refractivity contribution in [3.63, 3.8) is 0 Å². The van der Waals surface area contributed by atoms with E-state index in [0.717, 1.165) is 25.9 Å². The van der Waals surface area contributed by atoms with Gasteiger partial charge in [-0.2, -0.15) is 0 Å². The minimum atomic E-state index is -0.720. The summed E-state index contributed by atoms with van der Waals surface area (Å²) < 4.78 is 13.5. The van der Waals surface area contributed by atoms with Crippen LogP contribution in [0.15, 0.2) is 53.1 Å². The highest BCUT2D eigenvalue weighted by molar-refractivity contribution is 7.12. The standard InChI is InChI=1S/C22H23FN2O3S/c23-16-8-6-15(7-9-16)19-18(20(26)17-5-4-14-29-17)21(27)22(28)25(19)13-12-24-10-2-1-3-11-24/h4-9,14,19,27H,1-3,10-13H2. The molecule has 1 unspecified atom stereocenters. The Kier molecular flexibility index (Phi) is 5.78. The Hall–Kier alpha value is -2.51. The van der Waals surface area contributed by atoms with Gasteiger partial charge in [0.15, 0.2) is 5.76 Å². The number of ketones is 1. The smallest absolute Gasteiger partial charge is 0.290 e. The maximum Gasteiger partial charge on any atom is 0.290 e. The lowest BCUT2D eigenvalue weighted by molar-refractivity contribution is -0.129. The molecule has 4 rings (SSSR count). The molecule has 0 radical (unpaired) electrons. The third kappa shape index (κ3) is 3.97. The molecule has 1 atom stereocenters. The molecule has 5 nitrogen and oxygen atoms in total. The third-order valence-corrected chi connectivity index (χ3v) is 6.45. The summed E-state index contributed by atoms with van der Waals surface area (Å²) in [4.78, 5) is 30.3. The number of likely N-dealkylation sites (tertiary alicyclic amines) is 1. The van der Waals surface area contributed by atoms with E-state index in [9.17, 15) is 19.1 Å². The van der Waals surface area contributed by atoms with E-state index in [4.69, 9.17) is 0 Å². The Morgan fingerprint density at radius 1 is 1.10 bits per heavy atom. The second-order valence-electron chi connectivity index (χ2n) is 7.42. The van der Waals surface area contributed by atoms with Gasteiger partial charge in [0, 0.05) is 13.1 Å². The van der Waals surface area contributed by atoms with Gasteiger partial charge in [0.25, 0.3) is 5.91 Å². The zero-order chi connectivity index (χ0) is 20.4. The number of carbonyl (C=O) groups excluding carboxylic acids is 2. The summed E-state index contributed by atoms with van der Waals surface area (Å²) in [5, 5.41) is 12.4. The van der Waals surface area contributed by atoms with Crippen LogP contribution in [-0.2, 0) is 4.79 Å². The van der Waals surface area contributed by atoms with Crippen molar-refractivity contribution in [3.8, 4) is 0 Å². The van der Waals surface area contributed by atoms with Crippen LogP contribution in [0.5, 0.6) is 0 Å². The van der Waals surface area contributed by atoms with Crippen LogP contribution < -0.4 is 0 Å². The van der Waals surface area contributed by atoms with E-state index >= 15 is 0 Å². The van der Waals surface area contributed by atoms with E-state index < -0.39 is 23.5 Å². The molecule has 0 bridgehead atoms. The van der Waals surface area contributed by atoms with Crippen molar-refractivity contribution < 1.29 is 19.1 Å². The molecule has 1 aromatic heterocycles. The number of nitrogens with zero attached hydrogens (tertiary/aromatic N) is 2. The number of rotatable bonds is 6. The highest BCUT2D eigenvalue weighted by Crippen LogP contribution is 2.39. The number of aliphatic hydroxyl groups is 1. The predicted molar refractivity (Wildman–Crippen MR) is 109 cm³/mol. The van der Waals surface area contributed by atoms with Crippen LogP contribution in [0.2, 0.25) is 0 Å². The Balaban J connectivity index is 1.66. The summed E-state index contributed by atoms with van der Waals surface area (Å²) in [7, 11) is 0. The monoisotopic (exact) mass is 414 g/mol. The van der Waals surface area contributed by atoms with Crippen molar-refractivity contribution >= 4 is 23.0 Å². The first-order chi connectivity index (χ1) is 14.1. The molecule has 1 aromatic carbocycles. The lowest BCUT2D eigenvalue weighted by Gasteiger charge is -2.31. The van der Waals surface area contributed by atoms with Crippen LogP contribution in [0, 0.1) is 5.82 Å². The molecule has 29 heavy (non-hydrogen) atoms. The Labute approximate surface area is 173 Å². The minimum absolute atomic E-state index is 0.0719. The SMILES string of the molecule is O=C(C1=C(O)C(=O)N(CCN2CCCCC2)C1c1ccc(F)cc1)c1cccs1. The minimum Gasteiger partial charge on any atom is -0.503 e. The quantitative estimate of drug-likeness (QED) is 0.727. The molecule has 1 fully saturated rings. The van der Waals surface area contributed by atoms with Crippen LogP contribution in [0.25, 0.3) is 0 Å². The molecule has 1 amide bonds. The molecule has 0 aliphatic carbocycles. The van der Waals surface area contributed by atoms with Gasteiger partial charge in [-0.15, -0.1) is 11.3 Å². The van der Waals surface area contributed by atoms with Gasteiger partial charge in [-0.25, -0.2) is 4.39 Å². The Bertz CT molecular complexity index is 918. The summed E-state index contributed by atoms with van der Waals surface area (Å²) in [5.74, 6) is -1.80. The van der Waals surface area contributed by atoms with Gasteiger partial charge in [0.05, 0.1) is 16.5 Å². The van der Waals surface area contributed by atoms with Crippen LogP contribution >= 0.6 is 11.3 Å². The van der Waals surface area contributed by atoms with E-state index in [1.165, 1.54) is 34.8 Å². The Morgan fingerprint density at radius 3 is 2.48 bits per heavy atom. The van der Waals surface area contributed by atoms with Gasteiger partial charge >= 0.3 is 0 Å². The fourth-order valence-corrected chi connectivity index (χ4v) is 4.76. The summed E-state index contributed by atoms with van der Waals surface area (Å²) in [6.07, 6.45) is 3.50. The van der Waals surface area contributed by atoms with Gasteiger partial charge < -0.3 is 14.9 Å². The van der Waals surface area contributed by atoms with Crippen molar-refractivity contribution in [1.82, 2.24) is 9.80 Å². The van der Waals surface area contributed by atoms with Crippen molar-refractivity contribution in [1.29, 1.82) is 0 Å². The lowest BCUT2D eigenvalue weighted by Crippen LogP contribution is -2.40. The van der Waals surface area contributed by atoms with Crippen LogP contribution in [0.4, 0.5) is 4.39 Å². The summed E-state index contributed by atoms with van der Waals surface area (Å²) in [6, 6.07) is 8.48. The molecule has 152 valence electrons. The molecule has 0 spiro atoms. The summed E-state index contributed by atoms with van der Waals surface area (Å²) in [5.41, 5.74) is 0.685. The molecule has 2 aliphatic rings. The fraction of sp³-hybridized carbons (Fsp3) is 0.364. The van der Waals surface area contributed by atoms with Crippen molar-refractivity contribution in [2.45, 2.75) is 25.3 Å². The molecule has 2 aromatic rings. The van der Waals surface area contributed by atoms with Crippen LogP contribution in [0.3, 0.4) is 0 Å². The van der Waals surface area contributed by atoms with Crippen LogP contribution in [-0.4, -0.2) is 52.8 Å². The Morgan fingerprint density at radius 2 is 1.83 bits per heavy atom. The molecule has 3 heterocycles. The van der Waals surface area contributed by atoms with Gasteiger partial charge in [0.1, 0.15) is 5.82 Å². The second kappa shape index (κ2) is 8.47. The zero-order valence-corrected chi connectivity index (χ0v) is 16.8. The van der Waals surface area contributed by atoms with E-state index in [0.29, 0.717) is 23.5 Å². The average Bonchev–Trinajstić information content (AvgIpc) is 3.36. The summed E-state index contributed by atoms with van der Waals surface area (Å²) >= 11 is 1.27. The maximum atomic E-state index is 13.5. The fourth-order valence-electron chi connectivity index (χ4n) is 4.08. The number of hydrogen-bond donors (Lipinski definition) is 1. The third-order valence-electron chi connectivity index (χ3n) is 5.58. The van der Waals surface area contributed by atoms with Gasteiger partial charge in [0.2, 0.25) is 5.78 Å². The number of thiophene rings is 1. The number of hydrogen-bond acceptors (Lipinski definition) is 5. The van der Waals surface area contributed by atoms with E-state index in [2.05, 4.69) is 4.90 Å². The molecule has 1 saturated heterocycles. The largest absolute Gasteiger partial charge is 0.503 e. The molecular weight excluding hydrogens is 391 g/mol. The molecule has 0 saturated carbocycles. The first-order valence-corrected chi connectivity index (χ1v) is 10.7. The number of piperidine rings is 1. The highest BCUT2D eigenvalue weighted by Gasteiger charge is 2.43. The van der Waals surface area contributed by atoms with Crippen molar-refractivity contribution in [2.75, 3.05) is 26.2 Å². The zero-order valence-electron chi connectivity index (χ0n) is 16.0. The van der Waals surface area contributed by atoms with Crippen LogP contribution in [0.1, 0.15) is 40.5 Å². The highest BCUT2D eigenvalue weighted by atomic mass is 32.1. The molecule has 7 heteroatoms. The molecule has 1 N–H and O–H groups in total. The predicted octanol–water partition coefficient (Wildman–Crippen LogP) is 3.95. The first-order valence-electron chi connectivity index (χ1n) is 9.86. The molecular formula is C22H23FN2O3S. The lowest BCUT2D eigenvalue weighted by atomic mass is 9.95. The maximum absolute atomic E-state index is 13.5. The van der Waals surface area contributed by atoms with Gasteiger partial charge in [-0.05, 0) is 55.1 Å². The number of benzene rings is 1. The second-order valence-corrected chi connectivity index (χ2v) is 8.37. The van der Waals surface area contributed by atoms with Crippen molar-refractivity contribution in [2.24, 2.45) is 0 Å². The number of Topliss-reactive ketones (excluding diaryl/α,β-unsaturated/α-hetero) is 1. The van der Waals surface area contributed by atoms with E-state index in [1.54, 1.807) is 29.6 Å². The topological polar surface area (TPSA) is 60.9 Å². The number of aliphatic hydroxyl groups excluding tert-OH is 1. The van der Waals surface area contributed by atoms with E-state index in [1.807, 2.05) is 0 Å². The normalized spacial score (nSPS) is 20.5. The first kappa shape index (κ1) is 19.8. The van der Waals surface area contributed by atoms with Crippen molar-refractivity contribution in [3.05, 3.63) is 69.4 Å². The number of carbonyl (C=O) groups is 2. The van der Waals surface area contributed by atoms with Gasteiger partial charge in [-0.3, -0.25) is 9.59 Å². The van der Waals surface area contributed by atoms with Gasteiger partial charge in [-0.1, -0.05) is 24.6 Å². The summed E-state index contributed by atoms with van der Waals surface area (Å²) in [6.45, 7) is 3.05. The number of halogens is 1. The molecule has 2 aliphatic heterocycles. The average molecular weight is 415 g/mol. The number of amides is 1. The van der Waals surface area contributed by atoms with E-state index in [-0.39, 0.29) is 11.4 Å².